The van der Waals surface area contributed by atoms with Crippen LogP contribution in [0.15, 0.2) is 54.6 Å². The number of halogens is 5. The van der Waals surface area contributed by atoms with Crippen molar-refractivity contribution in [3.63, 3.8) is 0 Å². The summed E-state index contributed by atoms with van der Waals surface area (Å²) in [5.74, 6) is -3.57. The van der Waals surface area contributed by atoms with Gasteiger partial charge in [0.15, 0.2) is 5.75 Å². The van der Waals surface area contributed by atoms with Gasteiger partial charge in [-0.25, -0.2) is 13.2 Å². The van der Waals surface area contributed by atoms with Gasteiger partial charge in [-0.2, -0.15) is 4.39 Å². The molecule has 0 bridgehead atoms. The summed E-state index contributed by atoms with van der Waals surface area (Å²) in [4.78, 5) is 2.43. The molecule has 1 aliphatic heterocycles. The topological polar surface area (TPSA) is 50.4 Å². The third-order valence-corrected chi connectivity index (χ3v) is 8.11. The lowest BCUT2D eigenvalue weighted by atomic mass is 10.00. The number of benzene rings is 3. The largest absolute Gasteiger partial charge is 0.488 e. The minimum Gasteiger partial charge on any atom is -0.488 e. The van der Waals surface area contributed by atoms with Crippen molar-refractivity contribution in [1.29, 1.82) is 0 Å². The molecule has 3 aromatic carbocycles. The first-order valence-corrected chi connectivity index (χ1v) is 13.5. The highest BCUT2D eigenvalue weighted by Crippen LogP contribution is 2.51. The molecular weight excluding hydrogens is 549 g/mol. The second-order valence-electron chi connectivity index (χ2n) is 9.83. The number of likely N-dealkylation sites (tertiary alicyclic amines) is 1. The smallest absolute Gasteiger partial charge is 0.271 e. The van der Waals surface area contributed by atoms with Gasteiger partial charge in [-0.1, -0.05) is 6.07 Å². The summed E-state index contributed by atoms with van der Waals surface area (Å²) < 4.78 is 83.0. The van der Waals surface area contributed by atoms with Gasteiger partial charge in [-0.15, -0.1) is 16.4 Å². The second kappa shape index (κ2) is 10.4. The van der Waals surface area contributed by atoms with Crippen LogP contribution in [0.1, 0.15) is 18.9 Å². The average molecular weight is 574 g/mol. The van der Waals surface area contributed by atoms with Crippen molar-refractivity contribution in [2.75, 3.05) is 26.3 Å². The molecule has 5 aromatic rings. The summed E-state index contributed by atoms with van der Waals surface area (Å²) in [7, 11) is 0. The predicted octanol–water partition coefficient (Wildman–Crippen LogP) is 8.05. The van der Waals surface area contributed by atoms with Crippen LogP contribution in [0, 0.1) is 11.8 Å². The van der Waals surface area contributed by atoms with Crippen LogP contribution >= 0.6 is 11.3 Å². The Hall–Kier alpha value is -3.70. The molecular formula is C29H24F5N3O2S. The van der Waals surface area contributed by atoms with E-state index in [9.17, 15) is 22.0 Å². The molecule has 0 unspecified atom stereocenters. The number of nitrogens with one attached hydrogen (secondary N) is 1. The second-order valence-corrected chi connectivity index (χ2v) is 10.9. The van der Waals surface area contributed by atoms with E-state index in [1.807, 2.05) is 0 Å². The minimum absolute atomic E-state index is 0.0127. The Bertz CT molecular complexity index is 1670. The van der Waals surface area contributed by atoms with Gasteiger partial charge in [0.1, 0.15) is 23.4 Å². The Morgan fingerprint density at radius 2 is 1.80 bits per heavy atom. The first-order chi connectivity index (χ1) is 19.2. The zero-order valence-corrected chi connectivity index (χ0v) is 22.1. The summed E-state index contributed by atoms with van der Waals surface area (Å²) in [5, 5.41) is 6.99. The molecule has 5 nitrogen and oxygen atoms in total. The lowest BCUT2D eigenvalue weighted by Crippen LogP contribution is -2.53. The van der Waals surface area contributed by atoms with E-state index in [2.05, 4.69) is 15.1 Å². The fourth-order valence-corrected chi connectivity index (χ4v) is 6.22. The summed E-state index contributed by atoms with van der Waals surface area (Å²) in [6, 6.07) is 13.4. The van der Waals surface area contributed by atoms with Crippen molar-refractivity contribution in [2.45, 2.75) is 25.4 Å². The SMILES string of the molecule is CC(F)(F)c1cc(F)ccc1-c1sc2c(ccc3[nH]nc(F)c32)c1Oc1ccc(OC2CN(CCCF)C2)cc1. The summed E-state index contributed by atoms with van der Waals surface area (Å²) >= 11 is 1.07. The number of hydrogen-bond acceptors (Lipinski definition) is 5. The number of hydrogen-bond donors (Lipinski definition) is 1. The molecule has 3 heterocycles. The van der Waals surface area contributed by atoms with Crippen molar-refractivity contribution < 1.29 is 31.4 Å². The highest BCUT2D eigenvalue weighted by molar-refractivity contribution is 7.23. The first kappa shape index (κ1) is 26.5. The highest BCUT2D eigenvalue weighted by Gasteiger charge is 2.32. The number of thiophene rings is 1. The number of H-pyrrole nitrogens is 1. The van der Waals surface area contributed by atoms with Crippen LogP contribution in [0.25, 0.3) is 31.4 Å². The number of rotatable bonds is 9. The van der Waals surface area contributed by atoms with E-state index in [4.69, 9.17) is 9.47 Å². The minimum atomic E-state index is -3.34. The molecule has 0 amide bonds. The summed E-state index contributed by atoms with van der Waals surface area (Å²) in [5.41, 5.74) is 0.0345. The molecule has 0 radical (unpaired) electrons. The fourth-order valence-electron chi connectivity index (χ4n) is 4.92. The summed E-state index contributed by atoms with van der Waals surface area (Å²) in [6.07, 6.45) is 0.519. The van der Waals surface area contributed by atoms with Crippen LogP contribution in [-0.4, -0.2) is 47.5 Å². The molecule has 2 aromatic heterocycles. The molecule has 0 spiro atoms. The molecule has 1 fully saturated rings. The molecule has 1 aliphatic rings. The maximum atomic E-state index is 14.7. The van der Waals surface area contributed by atoms with Gasteiger partial charge in [0.2, 0.25) is 5.95 Å². The van der Waals surface area contributed by atoms with Crippen LogP contribution in [0.2, 0.25) is 0 Å². The van der Waals surface area contributed by atoms with E-state index >= 15 is 0 Å². The molecule has 1 saturated heterocycles. The van der Waals surface area contributed by atoms with E-state index in [0.717, 1.165) is 36.6 Å². The van der Waals surface area contributed by atoms with E-state index in [1.165, 1.54) is 6.07 Å². The molecule has 1 N–H and O–H groups in total. The number of nitrogens with zero attached hydrogens (tertiary/aromatic N) is 2. The highest BCUT2D eigenvalue weighted by atomic mass is 32.1. The summed E-state index contributed by atoms with van der Waals surface area (Å²) in [6.45, 7) is 2.52. The molecule has 6 rings (SSSR count). The Balaban J connectivity index is 1.36. The van der Waals surface area contributed by atoms with Crippen molar-refractivity contribution in [1.82, 2.24) is 15.1 Å². The van der Waals surface area contributed by atoms with Gasteiger partial charge < -0.3 is 9.47 Å². The third-order valence-electron chi connectivity index (χ3n) is 6.87. The lowest BCUT2D eigenvalue weighted by molar-refractivity contribution is 0.0177. The number of aromatic amines is 1. The lowest BCUT2D eigenvalue weighted by Gasteiger charge is -2.38. The maximum Gasteiger partial charge on any atom is 0.271 e. The average Bonchev–Trinajstić information content (AvgIpc) is 3.46. The van der Waals surface area contributed by atoms with E-state index in [0.29, 0.717) is 51.9 Å². The van der Waals surface area contributed by atoms with Gasteiger partial charge in [-0.3, -0.25) is 14.4 Å². The molecule has 0 aliphatic carbocycles. The van der Waals surface area contributed by atoms with Crippen LogP contribution in [0.4, 0.5) is 22.0 Å². The van der Waals surface area contributed by atoms with Crippen LogP contribution in [-0.2, 0) is 5.92 Å². The van der Waals surface area contributed by atoms with Crippen LogP contribution < -0.4 is 9.47 Å². The monoisotopic (exact) mass is 573 g/mol. The van der Waals surface area contributed by atoms with Gasteiger partial charge in [-0.05, 0) is 55.0 Å². The van der Waals surface area contributed by atoms with E-state index in [1.54, 1.807) is 36.4 Å². The van der Waals surface area contributed by atoms with Crippen molar-refractivity contribution in [3.05, 3.63) is 71.9 Å². The molecule has 0 saturated carbocycles. The maximum absolute atomic E-state index is 14.7. The van der Waals surface area contributed by atoms with E-state index < -0.39 is 23.3 Å². The van der Waals surface area contributed by atoms with Gasteiger partial charge in [0.05, 0.1) is 27.2 Å². The molecule has 208 valence electrons. The number of fused-ring (bicyclic) bond motifs is 3. The zero-order valence-electron chi connectivity index (χ0n) is 21.3. The Morgan fingerprint density at radius 3 is 2.52 bits per heavy atom. The third kappa shape index (κ3) is 4.99. The van der Waals surface area contributed by atoms with Crippen LogP contribution in [0.3, 0.4) is 0 Å². The van der Waals surface area contributed by atoms with Gasteiger partial charge in [0.25, 0.3) is 5.92 Å². The van der Waals surface area contributed by atoms with Crippen LogP contribution in [0.5, 0.6) is 17.2 Å². The first-order valence-electron chi connectivity index (χ1n) is 12.7. The van der Waals surface area contributed by atoms with Crippen molar-refractivity contribution in [3.8, 4) is 27.7 Å². The van der Waals surface area contributed by atoms with Crippen molar-refractivity contribution >= 4 is 32.3 Å². The van der Waals surface area contributed by atoms with Crippen molar-refractivity contribution in [2.24, 2.45) is 0 Å². The number of ether oxygens (including phenoxy) is 2. The van der Waals surface area contributed by atoms with Gasteiger partial charge >= 0.3 is 0 Å². The molecule has 11 heteroatoms. The Kier molecular flexibility index (Phi) is 6.87. The quantitative estimate of drug-likeness (QED) is 0.181. The van der Waals surface area contributed by atoms with E-state index in [-0.39, 0.29) is 29.5 Å². The Morgan fingerprint density at radius 1 is 1.05 bits per heavy atom. The Labute approximate surface area is 230 Å². The normalized spacial score (nSPS) is 14.7. The number of alkyl halides is 3. The zero-order chi connectivity index (χ0) is 28.0. The number of aromatic nitrogens is 2. The standard InChI is InChI=1S/C29H24F5N3O2S/c1-29(33,34)22-13-16(31)3-8-20(22)27-25(21-9-10-23-24(26(21)40-27)28(32)36-35-23)39-18-6-4-17(5-7-18)38-19-14-37(15-19)12-2-11-30/h3-10,13,19H,2,11-12,14-15H2,1H3,(H,35,36). The molecule has 40 heavy (non-hydrogen) atoms. The molecule has 0 atom stereocenters. The predicted molar refractivity (Wildman–Crippen MR) is 144 cm³/mol. The fraction of sp³-hybridized carbons (Fsp3) is 0.276. The van der Waals surface area contributed by atoms with Gasteiger partial charge in [0, 0.05) is 43.1 Å².